The van der Waals surface area contributed by atoms with Crippen LogP contribution in [0, 0.1) is 13.8 Å². The summed E-state index contributed by atoms with van der Waals surface area (Å²) in [7, 11) is -3.65. The Bertz CT molecular complexity index is 1070. The Labute approximate surface area is 151 Å². The molecule has 0 bridgehead atoms. The predicted octanol–water partition coefficient (Wildman–Crippen LogP) is 1.02. The highest BCUT2D eigenvalue weighted by atomic mass is 32.2. The average Bonchev–Trinajstić information content (AvgIpc) is 3.10. The minimum absolute atomic E-state index is 0.0467. The summed E-state index contributed by atoms with van der Waals surface area (Å²) < 4.78 is 30.2. The van der Waals surface area contributed by atoms with Crippen molar-refractivity contribution >= 4 is 10.0 Å². The van der Waals surface area contributed by atoms with Gasteiger partial charge in [0.25, 0.3) is 5.56 Å². The van der Waals surface area contributed by atoms with Crippen molar-refractivity contribution in [1.82, 2.24) is 24.3 Å². The standard InChI is InChI=1S/C17H19N5O3S/c1-13-4-5-15(14(2)12-13)26(24,25)19-9-11-22-17(23)7-6-16(20-22)21-10-3-8-18-21/h3-8,10,12,19H,9,11H2,1-2H3. The summed E-state index contributed by atoms with van der Waals surface area (Å²) in [4.78, 5) is 12.2. The van der Waals surface area contributed by atoms with Gasteiger partial charge in [0.2, 0.25) is 10.0 Å². The lowest BCUT2D eigenvalue weighted by molar-refractivity contribution is 0.541. The summed E-state index contributed by atoms with van der Waals surface area (Å²) in [5.74, 6) is 0.479. The molecule has 0 aliphatic heterocycles. The first-order valence-electron chi connectivity index (χ1n) is 8.02. The molecule has 0 saturated carbocycles. The van der Waals surface area contributed by atoms with Crippen molar-refractivity contribution in [2.45, 2.75) is 25.3 Å². The Kier molecular flexibility index (Phi) is 5.01. The van der Waals surface area contributed by atoms with Gasteiger partial charge in [-0.05, 0) is 37.6 Å². The van der Waals surface area contributed by atoms with Crippen LogP contribution in [0.5, 0.6) is 0 Å². The fourth-order valence-corrected chi connectivity index (χ4v) is 3.83. The number of hydrogen-bond acceptors (Lipinski definition) is 5. The number of nitrogens with zero attached hydrogens (tertiary/aromatic N) is 4. The Morgan fingerprint density at radius 3 is 2.65 bits per heavy atom. The maximum Gasteiger partial charge on any atom is 0.266 e. The lowest BCUT2D eigenvalue weighted by Gasteiger charge is -2.11. The van der Waals surface area contributed by atoms with Crippen molar-refractivity contribution < 1.29 is 8.42 Å². The molecule has 9 heteroatoms. The number of aryl methyl sites for hydroxylation is 2. The molecule has 2 aromatic heterocycles. The van der Waals surface area contributed by atoms with Crippen molar-refractivity contribution in [3.63, 3.8) is 0 Å². The molecule has 8 nitrogen and oxygen atoms in total. The van der Waals surface area contributed by atoms with E-state index in [0.717, 1.165) is 5.56 Å². The van der Waals surface area contributed by atoms with E-state index in [4.69, 9.17) is 0 Å². The lowest BCUT2D eigenvalue weighted by atomic mass is 10.2. The van der Waals surface area contributed by atoms with Crippen LogP contribution in [0.2, 0.25) is 0 Å². The van der Waals surface area contributed by atoms with E-state index < -0.39 is 10.0 Å². The van der Waals surface area contributed by atoms with Crippen molar-refractivity contribution in [2.24, 2.45) is 0 Å². The van der Waals surface area contributed by atoms with Gasteiger partial charge in [-0.1, -0.05) is 17.7 Å². The van der Waals surface area contributed by atoms with Crippen LogP contribution in [-0.4, -0.2) is 34.5 Å². The van der Waals surface area contributed by atoms with Gasteiger partial charge in [0.05, 0.1) is 11.4 Å². The largest absolute Gasteiger partial charge is 0.268 e. The normalized spacial score (nSPS) is 11.6. The smallest absolute Gasteiger partial charge is 0.266 e. The highest BCUT2D eigenvalue weighted by molar-refractivity contribution is 7.89. The maximum absolute atomic E-state index is 12.5. The summed E-state index contributed by atoms with van der Waals surface area (Å²) >= 11 is 0. The van der Waals surface area contributed by atoms with E-state index in [1.165, 1.54) is 15.4 Å². The first kappa shape index (κ1) is 18.0. The number of aromatic nitrogens is 4. The second-order valence-corrected chi connectivity index (χ2v) is 7.61. The molecule has 0 fully saturated rings. The van der Waals surface area contributed by atoms with Gasteiger partial charge in [0.1, 0.15) is 0 Å². The second kappa shape index (κ2) is 7.22. The maximum atomic E-state index is 12.5. The van der Waals surface area contributed by atoms with Crippen LogP contribution in [0.15, 0.2) is 58.5 Å². The molecule has 26 heavy (non-hydrogen) atoms. The predicted molar refractivity (Wildman–Crippen MR) is 96.7 cm³/mol. The van der Waals surface area contributed by atoms with E-state index in [0.29, 0.717) is 11.4 Å². The molecular weight excluding hydrogens is 354 g/mol. The summed E-state index contributed by atoms with van der Waals surface area (Å²) in [6.07, 6.45) is 3.31. The molecule has 3 rings (SSSR count). The molecule has 136 valence electrons. The molecule has 0 amide bonds. The molecule has 0 aliphatic carbocycles. The Hall–Kier alpha value is -2.78. The summed E-state index contributed by atoms with van der Waals surface area (Å²) in [5.41, 5.74) is 1.35. The summed E-state index contributed by atoms with van der Waals surface area (Å²) in [6.45, 7) is 3.81. The number of benzene rings is 1. The molecular formula is C17H19N5O3S. The van der Waals surface area contributed by atoms with E-state index in [2.05, 4.69) is 14.9 Å². The van der Waals surface area contributed by atoms with Crippen LogP contribution in [0.1, 0.15) is 11.1 Å². The third-order valence-electron chi connectivity index (χ3n) is 3.83. The van der Waals surface area contributed by atoms with Crippen molar-refractivity contribution in [3.05, 3.63) is 70.3 Å². The van der Waals surface area contributed by atoms with Crippen LogP contribution < -0.4 is 10.3 Å². The van der Waals surface area contributed by atoms with E-state index in [1.807, 2.05) is 13.0 Å². The Morgan fingerprint density at radius 2 is 1.96 bits per heavy atom. The third kappa shape index (κ3) is 3.89. The van der Waals surface area contributed by atoms with Crippen molar-refractivity contribution in [3.8, 4) is 5.82 Å². The number of nitrogens with one attached hydrogen (secondary N) is 1. The minimum atomic E-state index is -3.65. The van der Waals surface area contributed by atoms with Crippen LogP contribution in [0.3, 0.4) is 0 Å². The van der Waals surface area contributed by atoms with Gasteiger partial charge in [-0.3, -0.25) is 4.79 Å². The number of sulfonamides is 1. The molecule has 0 spiro atoms. The van der Waals surface area contributed by atoms with Gasteiger partial charge in [0.15, 0.2) is 5.82 Å². The monoisotopic (exact) mass is 373 g/mol. The Balaban J connectivity index is 1.73. The molecule has 1 aromatic carbocycles. The number of rotatable bonds is 6. The fourth-order valence-electron chi connectivity index (χ4n) is 2.59. The van der Waals surface area contributed by atoms with E-state index in [-0.39, 0.29) is 23.5 Å². The third-order valence-corrected chi connectivity index (χ3v) is 5.45. The van der Waals surface area contributed by atoms with Gasteiger partial charge in [-0.25, -0.2) is 22.5 Å². The summed E-state index contributed by atoms with van der Waals surface area (Å²) in [6, 6.07) is 9.83. The minimum Gasteiger partial charge on any atom is -0.268 e. The molecule has 3 aromatic rings. The molecule has 0 aliphatic rings. The van der Waals surface area contributed by atoms with E-state index in [1.54, 1.807) is 43.6 Å². The molecule has 2 heterocycles. The van der Waals surface area contributed by atoms with Gasteiger partial charge in [-0.15, -0.1) is 5.10 Å². The average molecular weight is 373 g/mol. The highest BCUT2D eigenvalue weighted by Gasteiger charge is 2.16. The molecule has 0 saturated heterocycles. The fraction of sp³-hybridized carbons (Fsp3) is 0.235. The quantitative estimate of drug-likeness (QED) is 0.696. The lowest BCUT2D eigenvalue weighted by Crippen LogP contribution is -2.32. The van der Waals surface area contributed by atoms with Crippen LogP contribution in [-0.2, 0) is 16.6 Å². The van der Waals surface area contributed by atoms with Crippen molar-refractivity contribution in [2.75, 3.05) is 6.54 Å². The van der Waals surface area contributed by atoms with Gasteiger partial charge in [0, 0.05) is 25.0 Å². The molecule has 1 N–H and O–H groups in total. The number of hydrogen-bond donors (Lipinski definition) is 1. The van der Waals surface area contributed by atoms with Gasteiger partial charge < -0.3 is 0 Å². The topological polar surface area (TPSA) is 98.9 Å². The zero-order valence-corrected chi connectivity index (χ0v) is 15.3. The highest BCUT2D eigenvalue weighted by Crippen LogP contribution is 2.15. The van der Waals surface area contributed by atoms with Crippen LogP contribution in [0.25, 0.3) is 5.82 Å². The van der Waals surface area contributed by atoms with E-state index in [9.17, 15) is 13.2 Å². The zero-order chi connectivity index (χ0) is 18.7. The van der Waals surface area contributed by atoms with Crippen LogP contribution >= 0.6 is 0 Å². The molecule has 0 radical (unpaired) electrons. The molecule has 0 atom stereocenters. The van der Waals surface area contributed by atoms with Gasteiger partial charge in [-0.2, -0.15) is 5.10 Å². The second-order valence-electron chi connectivity index (χ2n) is 5.87. The van der Waals surface area contributed by atoms with E-state index >= 15 is 0 Å². The molecule has 0 unspecified atom stereocenters. The SMILES string of the molecule is Cc1ccc(S(=O)(=O)NCCn2nc(-n3cccn3)ccc2=O)c(C)c1. The van der Waals surface area contributed by atoms with Crippen LogP contribution in [0.4, 0.5) is 0 Å². The Morgan fingerprint density at radius 1 is 1.15 bits per heavy atom. The van der Waals surface area contributed by atoms with Gasteiger partial charge >= 0.3 is 0 Å². The zero-order valence-electron chi connectivity index (χ0n) is 14.5. The first-order chi connectivity index (χ1) is 12.4. The summed E-state index contributed by atoms with van der Waals surface area (Å²) in [5, 5.41) is 8.27. The first-order valence-corrected chi connectivity index (χ1v) is 9.50. The van der Waals surface area contributed by atoms with Crippen molar-refractivity contribution in [1.29, 1.82) is 0 Å².